The van der Waals surface area contributed by atoms with Crippen molar-refractivity contribution in [2.24, 2.45) is 0 Å². The number of aliphatic hydroxyl groups is 1. The van der Waals surface area contributed by atoms with E-state index in [1.165, 1.54) is 18.6 Å². The Bertz CT molecular complexity index is 932. The first-order valence-corrected chi connectivity index (χ1v) is 11.2. The third-order valence-electron chi connectivity index (χ3n) is 5.63. The van der Waals surface area contributed by atoms with Gasteiger partial charge in [-0.2, -0.15) is 0 Å². The average molecular weight is 442 g/mol. The number of hydrogen-bond acceptors (Lipinski definition) is 6. The number of carbonyl (C=O) groups is 1. The number of rotatable bonds is 11. The van der Waals surface area contributed by atoms with E-state index < -0.39 is 11.0 Å². The molecule has 1 amide bonds. The summed E-state index contributed by atoms with van der Waals surface area (Å²) in [7, 11) is 0. The quantitative estimate of drug-likeness (QED) is 0.277. The molecule has 0 bridgehead atoms. The van der Waals surface area contributed by atoms with Crippen LogP contribution in [0.5, 0.6) is 5.75 Å². The molecular weight excluding hydrogens is 410 g/mol. The fourth-order valence-corrected chi connectivity index (χ4v) is 4.03. The van der Waals surface area contributed by atoms with Crippen LogP contribution in [0.15, 0.2) is 42.5 Å². The van der Waals surface area contributed by atoms with E-state index in [4.69, 9.17) is 4.74 Å². The van der Waals surface area contributed by atoms with E-state index in [-0.39, 0.29) is 23.3 Å². The summed E-state index contributed by atoms with van der Waals surface area (Å²) in [5, 5.41) is 27.5. The Morgan fingerprint density at radius 3 is 2.78 bits per heavy atom. The van der Waals surface area contributed by atoms with Crippen LogP contribution >= 0.6 is 0 Å². The van der Waals surface area contributed by atoms with Crippen molar-refractivity contribution < 1.29 is 19.6 Å². The van der Waals surface area contributed by atoms with Gasteiger partial charge in [0.2, 0.25) is 5.91 Å². The predicted octanol–water partition coefficient (Wildman–Crippen LogP) is 3.94. The van der Waals surface area contributed by atoms with Crippen molar-refractivity contribution in [3.63, 3.8) is 0 Å². The summed E-state index contributed by atoms with van der Waals surface area (Å²) in [5.41, 5.74) is 2.48. The van der Waals surface area contributed by atoms with Crippen molar-refractivity contribution in [2.45, 2.75) is 57.7 Å². The molecule has 172 valence electrons. The second kappa shape index (κ2) is 11.6. The highest BCUT2D eigenvalue weighted by atomic mass is 16.6. The molecule has 1 aliphatic rings. The third-order valence-corrected chi connectivity index (χ3v) is 5.63. The van der Waals surface area contributed by atoms with E-state index in [1.54, 1.807) is 12.1 Å². The SMILES string of the molecule is CC(O)c1c(OCCCCCCC(=O)NC2NCCc3ccccc32)cccc1[N+](=O)[O-]. The highest BCUT2D eigenvalue weighted by Crippen LogP contribution is 2.33. The van der Waals surface area contributed by atoms with Crippen LogP contribution in [-0.4, -0.2) is 29.1 Å². The number of ether oxygens (including phenoxy) is 1. The first-order valence-electron chi connectivity index (χ1n) is 11.2. The second-order valence-electron chi connectivity index (χ2n) is 8.04. The zero-order valence-electron chi connectivity index (χ0n) is 18.4. The molecule has 0 saturated heterocycles. The molecule has 3 rings (SSSR count). The van der Waals surface area contributed by atoms with Crippen LogP contribution in [0.2, 0.25) is 0 Å². The largest absolute Gasteiger partial charge is 0.493 e. The van der Waals surface area contributed by atoms with Crippen molar-refractivity contribution in [3.05, 3.63) is 69.3 Å². The first kappa shape index (κ1) is 23.7. The van der Waals surface area contributed by atoms with Gasteiger partial charge in [0.25, 0.3) is 5.69 Å². The zero-order valence-corrected chi connectivity index (χ0v) is 18.4. The van der Waals surface area contributed by atoms with E-state index >= 15 is 0 Å². The van der Waals surface area contributed by atoms with E-state index in [2.05, 4.69) is 22.8 Å². The fourth-order valence-electron chi connectivity index (χ4n) is 4.03. The number of hydrogen-bond donors (Lipinski definition) is 3. The number of nitrogens with one attached hydrogen (secondary N) is 2. The number of aliphatic hydroxyl groups excluding tert-OH is 1. The van der Waals surface area contributed by atoms with Crippen LogP contribution in [0.25, 0.3) is 0 Å². The van der Waals surface area contributed by atoms with Crippen molar-refractivity contribution >= 4 is 11.6 Å². The molecule has 2 aromatic rings. The highest BCUT2D eigenvalue weighted by molar-refractivity contribution is 5.76. The number of fused-ring (bicyclic) bond motifs is 1. The van der Waals surface area contributed by atoms with Gasteiger partial charge in [-0.3, -0.25) is 20.2 Å². The normalized spacial score (nSPS) is 16.1. The fraction of sp³-hybridized carbons (Fsp3) is 0.458. The van der Waals surface area contributed by atoms with Crippen molar-refractivity contribution in [1.82, 2.24) is 10.6 Å². The summed E-state index contributed by atoms with van der Waals surface area (Å²) in [6.45, 7) is 2.74. The lowest BCUT2D eigenvalue weighted by molar-refractivity contribution is -0.386. The molecule has 0 saturated carbocycles. The van der Waals surface area contributed by atoms with E-state index in [9.17, 15) is 20.0 Å². The zero-order chi connectivity index (χ0) is 22.9. The number of amides is 1. The molecule has 0 spiro atoms. The first-order chi connectivity index (χ1) is 15.5. The van der Waals surface area contributed by atoms with E-state index in [0.29, 0.717) is 18.8 Å². The van der Waals surface area contributed by atoms with E-state index in [1.807, 2.05) is 12.1 Å². The average Bonchev–Trinajstić information content (AvgIpc) is 2.78. The molecule has 0 fully saturated rings. The lowest BCUT2D eigenvalue weighted by atomic mass is 9.98. The van der Waals surface area contributed by atoms with Crippen LogP contribution in [-0.2, 0) is 11.2 Å². The topological polar surface area (TPSA) is 114 Å². The minimum Gasteiger partial charge on any atom is -0.493 e. The van der Waals surface area contributed by atoms with E-state index in [0.717, 1.165) is 44.2 Å². The maximum Gasteiger partial charge on any atom is 0.278 e. The molecule has 2 atom stereocenters. The molecule has 2 aromatic carbocycles. The monoisotopic (exact) mass is 441 g/mol. The summed E-state index contributed by atoms with van der Waals surface area (Å²) >= 11 is 0. The Balaban J connectivity index is 1.35. The Morgan fingerprint density at radius 1 is 1.22 bits per heavy atom. The molecule has 32 heavy (non-hydrogen) atoms. The minimum absolute atomic E-state index is 0.0358. The van der Waals surface area contributed by atoms with Gasteiger partial charge in [-0.15, -0.1) is 0 Å². The van der Waals surface area contributed by atoms with Crippen LogP contribution in [0.4, 0.5) is 5.69 Å². The van der Waals surface area contributed by atoms with Gasteiger partial charge in [-0.05, 0) is 43.4 Å². The maximum atomic E-state index is 12.3. The molecule has 8 nitrogen and oxygen atoms in total. The molecule has 3 N–H and O–H groups in total. The number of nitro groups is 1. The molecule has 0 aliphatic carbocycles. The van der Waals surface area contributed by atoms with Crippen molar-refractivity contribution in [3.8, 4) is 5.75 Å². The predicted molar refractivity (Wildman–Crippen MR) is 121 cm³/mol. The molecular formula is C24H31N3O5. The van der Waals surface area contributed by atoms with Gasteiger partial charge < -0.3 is 15.2 Å². The molecule has 0 radical (unpaired) electrons. The molecule has 2 unspecified atom stereocenters. The Morgan fingerprint density at radius 2 is 2.00 bits per heavy atom. The molecule has 0 aromatic heterocycles. The summed E-state index contributed by atoms with van der Waals surface area (Å²) in [4.78, 5) is 23.0. The van der Waals surface area contributed by atoms with Gasteiger partial charge in [0.15, 0.2) is 0 Å². The molecule has 1 heterocycles. The van der Waals surface area contributed by atoms with Crippen molar-refractivity contribution in [1.29, 1.82) is 0 Å². The summed E-state index contributed by atoms with van der Waals surface area (Å²) in [5.74, 6) is 0.377. The van der Waals surface area contributed by atoms with Gasteiger partial charge in [0.1, 0.15) is 11.9 Å². The Hall–Kier alpha value is -2.97. The van der Waals surface area contributed by atoms with Crippen LogP contribution in [0.3, 0.4) is 0 Å². The number of nitrogens with zero attached hydrogens (tertiary/aromatic N) is 1. The minimum atomic E-state index is -0.990. The van der Waals surface area contributed by atoms with Crippen LogP contribution in [0, 0.1) is 10.1 Å². The van der Waals surface area contributed by atoms with Crippen LogP contribution in [0.1, 0.15) is 68.0 Å². The van der Waals surface area contributed by atoms with Crippen molar-refractivity contribution in [2.75, 3.05) is 13.2 Å². The lowest BCUT2D eigenvalue weighted by Crippen LogP contribution is -2.42. The summed E-state index contributed by atoms with van der Waals surface area (Å²) < 4.78 is 5.70. The number of benzene rings is 2. The van der Waals surface area contributed by atoms with Gasteiger partial charge in [0, 0.05) is 19.0 Å². The number of carbonyl (C=O) groups excluding carboxylic acids is 1. The van der Waals surface area contributed by atoms with Gasteiger partial charge in [-0.1, -0.05) is 43.2 Å². The van der Waals surface area contributed by atoms with Gasteiger partial charge in [0.05, 0.1) is 23.2 Å². The maximum absolute atomic E-state index is 12.3. The summed E-state index contributed by atoms with van der Waals surface area (Å²) in [6.07, 6.45) is 3.66. The van der Waals surface area contributed by atoms with Gasteiger partial charge in [-0.25, -0.2) is 0 Å². The smallest absolute Gasteiger partial charge is 0.278 e. The number of unbranched alkanes of at least 4 members (excludes halogenated alkanes) is 3. The molecule has 8 heteroatoms. The standard InChI is InChI=1S/C24H31N3O5/c1-17(28)23-20(27(30)31)11-8-12-21(23)32-16-7-3-2-4-13-22(29)26-24-19-10-6-5-9-18(19)14-15-25-24/h5-6,8-12,17,24-25,28H,2-4,7,13-16H2,1H3,(H,26,29). The Labute approximate surface area is 188 Å². The Kier molecular flexibility index (Phi) is 8.58. The highest BCUT2D eigenvalue weighted by Gasteiger charge is 2.22. The third kappa shape index (κ3) is 6.27. The number of nitro benzene ring substituents is 1. The lowest BCUT2D eigenvalue weighted by Gasteiger charge is -2.27. The molecule has 1 aliphatic heterocycles. The summed E-state index contributed by atoms with van der Waals surface area (Å²) in [6, 6.07) is 12.7. The van der Waals surface area contributed by atoms with Gasteiger partial charge >= 0.3 is 0 Å². The second-order valence-corrected chi connectivity index (χ2v) is 8.04. The van der Waals surface area contributed by atoms with Crippen LogP contribution < -0.4 is 15.4 Å².